The van der Waals surface area contributed by atoms with E-state index in [1.165, 1.54) is 5.56 Å². The quantitative estimate of drug-likeness (QED) is 0.324. The van der Waals surface area contributed by atoms with Crippen molar-refractivity contribution in [2.24, 2.45) is 5.90 Å². The number of nitrogens with two attached hydrogens (primary N) is 1. The first kappa shape index (κ1) is 18.3. The smallest absolute Gasteiger partial charge is 0.248 e. The van der Waals surface area contributed by atoms with Gasteiger partial charge in [-0.05, 0) is 5.56 Å². The van der Waals surface area contributed by atoms with E-state index >= 15 is 0 Å². The van der Waals surface area contributed by atoms with Crippen LogP contribution in [-0.2, 0) is 22.7 Å². The average molecular weight is 379 g/mol. The van der Waals surface area contributed by atoms with Crippen molar-refractivity contribution in [1.29, 1.82) is 0 Å². The summed E-state index contributed by atoms with van der Waals surface area (Å²) in [5.74, 6) is 4.60. The number of amides is 1. The summed E-state index contributed by atoms with van der Waals surface area (Å²) in [5.41, 5.74) is 2.34. The summed E-state index contributed by atoms with van der Waals surface area (Å²) in [6.45, 7) is 1.36. The molecule has 0 aliphatic carbocycles. The number of hydrogen-bond acceptors (Lipinski definition) is 3. The van der Waals surface area contributed by atoms with Gasteiger partial charge in [0.15, 0.2) is 0 Å². The van der Waals surface area contributed by atoms with Crippen LogP contribution in [0, 0.1) is 0 Å². The first-order chi connectivity index (χ1) is 8.40. The highest BCUT2D eigenvalue weighted by Crippen LogP contribution is 2.08. The lowest BCUT2D eigenvalue weighted by Crippen LogP contribution is -3.00. The van der Waals surface area contributed by atoms with E-state index in [0.29, 0.717) is 6.54 Å². The fourth-order valence-corrected chi connectivity index (χ4v) is 1.64. The zero-order chi connectivity index (χ0) is 13.6. The Labute approximate surface area is 131 Å². The van der Waals surface area contributed by atoms with E-state index in [0.717, 1.165) is 16.6 Å². The second-order valence-electron chi connectivity index (χ2n) is 5.35. The van der Waals surface area contributed by atoms with Crippen LogP contribution in [0.1, 0.15) is 11.1 Å². The van der Waals surface area contributed by atoms with E-state index in [2.05, 4.69) is 43.4 Å². The van der Waals surface area contributed by atoms with Crippen LogP contribution in [0.25, 0.3) is 0 Å². The Morgan fingerprint density at radius 2 is 1.74 bits per heavy atom. The van der Waals surface area contributed by atoms with E-state index in [1.54, 1.807) is 0 Å². The molecule has 0 aromatic heterocycles. The van der Waals surface area contributed by atoms with Crippen molar-refractivity contribution < 1.29 is 38.1 Å². The highest BCUT2D eigenvalue weighted by molar-refractivity contribution is 5.77. The minimum Gasteiger partial charge on any atom is -1.00 e. The maximum absolute atomic E-state index is 11.2. The Kier molecular flexibility index (Phi) is 8.15. The number of hydrogen-bond donors (Lipinski definition) is 2. The summed E-state index contributed by atoms with van der Waals surface area (Å²) in [6.07, 6.45) is 0. The van der Waals surface area contributed by atoms with Gasteiger partial charge in [0.2, 0.25) is 5.91 Å². The monoisotopic (exact) mass is 379 g/mol. The summed E-state index contributed by atoms with van der Waals surface area (Å²) in [7, 11) is 6.46. The first-order valence-corrected chi connectivity index (χ1v) is 5.87. The molecule has 19 heavy (non-hydrogen) atoms. The van der Waals surface area contributed by atoms with Crippen LogP contribution in [0.3, 0.4) is 0 Å². The number of carbonyl (C=O) groups excluding carboxylic acids is 1. The van der Waals surface area contributed by atoms with Crippen LogP contribution >= 0.6 is 0 Å². The highest BCUT2D eigenvalue weighted by Gasteiger charge is 2.08. The van der Waals surface area contributed by atoms with Crippen molar-refractivity contribution in [1.82, 2.24) is 5.32 Å². The van der Waals surface area contributed by atoms with E-state index in [1.807, 2.05) is 12.1 Å². The van der Waals surface area contributed by atoms with Gasteiger partial charge < -0.3 is 33.8 Å². The maximum atomic E-state index is 11.2. The third-order valence-corrected chi connectivity index (χ3v) is 2.38. The second-order valence-corrected chi connectivity index (χ2v) is 5.35. The SMILES string of the molecule is C[N+](C)(C)Cc1ccc(CNC(=O)CON)cc1.[I-]. The van der Waals surface area contributed by atoms with Gasteiger partial charge in [-0.3, -0.25) is 9.63 Å². The lowest BCUT2D eigenvalue weighted by atomic mass is 10.1. The molecule has 0 saturated heterocycles. The molecule has 0 spiro atoms. The first-order valence-electron chi connectivity index (χ1n) is 5.87. The van der Waals surface area contributed by atoms with Gasteiger partial charge in [-0.2, -0.15) is 0 Å². The Morgan fingerprint density at radius 3 is 2.21 bits per heavy atom. The molecular formula is C13H22IN3O2. The number of benzene rings is 1. The number of nitrogens with one attached hydrogen (secondary N) is 1. The Hall–Kier alpha value is -0.700. The maximum Gasteiger partial charge on any atom is 0.248 e. The van der Waals surface area contributed by atoms with Gasteiger partial charge in [0, 0.05) is 12.1 Å². The van der Waals surface area contributed by atoms with Crippen LogP contribution in [-0.4, -0.2) is 38.1 Å². The molecule has 0 atom stereocenters. The van der Waals surface area contributed by atoms with Crippen molar-refractivity contribution >= 4 is 5.91 Å². The highest BCUT2D eigenvalue weighted by atomic mass is 127. The van der Waals surface area contributed by atoms with E-state index < -0.39 is 0 Å². The molecule has 0 fully saturated rings. The molecule has 6 heteroatoms. The average Bonchev–Trinajstić information content (AvgIpc) is 2.26. The topological polar surface area (TPSA) is 64.3 Å². The molecule has 1 amide bonds. The van der Waals surface area contributed by atoms with Gasteiger partial charge in [0.05, 0.1) is 21.1 Å². The summed E-state index contributed by atoms with van der Waals surface area (Å²) >= 11 is 0. The number of carbonyl (C=O) groups is 1. The van der Waals surface area contributed by atoms with Crippen molar-refractivity contribution in [3.8, 4) is 0 Å². The summed E-state index contributed by atoms with van der Waals surface area (Å²) in [5, 5.41) is 2.72. The molecule has 5 nitrogen and oxygen atoms in total. The van der Waals surface area contributed by atoms with Gasteiger partial charge >= 0.3 is 0 Å². The minimum absolute atomic E-state index is 0. The van der Waals surface area contributed by atoms with Crippen LogP contribution in [0.2, 0.25) is 0 Å². The summed E-state index contributed by atoms with van der Waals surface area (Å²) in [6, 6.07) is 8.22. The van der Waals surface area contributed by atoms with Crippen molar-refractivity contribution in [3.63, 3.8) is 0 Å². The molecule has 0 heterocycles. The number of nitrogens with zero attached hydrogens (tertiary/aromatic N) is 1. The molecule has 0 bridgehead atoms. The molecular weight excluding hydrogens is 357 g/mol. The van der Waals surface area contributed by atoms with Gasteiger partial charge in [0.25, 0.3) is 0 Å². The summed E-state index contributed by atoms with van der Waals surface area (Å²) in [4.78, 5) is 15.4. The van der Waals surface area contributed by atoms with Crippen molar-refractivity contribution in [3.05, 3.63) is 35.4 Å². The molecule has 1 rings (SSSR count). The Bertz CT molecular complexity index is 388. The van der Waals surface area contributed by atoms with Gasteiger partial charge in [-0.25, -0.2) is 5.90 Å². The number of rotatable bonds is 6. The number of quaternary nitrogens is 1. The van der Waals surface area contributed by atoms with E-state index in [-0.39, 0.29) is 36.5 Å². The van der Waals surface area contributed by atoms with Crippen LogP contribution in [0.4, 0.5) is 0 Å². The van der Waals surface area contributed by atoms with Crippen LogP contribution < -0.4 is 35.2 Å². The molecule has 0 unspecified atom stereocenters. The summed E-state index contributed by atoms with van der Waals surface area (Å²) < 4.78 is 0.893. The molecule has 0 aliphatic rings. The van der Waals surface area contributed by atoms with Crippen molar-refractivity contribution in [2.45, 2.75) is 13.1 Å². The molecule has 3 N–H and O–H groups in total. The molecule has 108 valence electrons. The molecule has 0 saturated carbocycles. The molecule has 0 aliphatic heterocycles. The minimum atomic E-state index is -0.215. The Morgan fingerprint density at radius 1 is 1.21 bits per heavy atom. The second kappa shape index (κ2) is 8.47. The standard InChI is InChI=1S/C13H21N3O2.HI/c1-16(2,3)9-12-6-4-11(5-7-12)8-15-13(17)10-18-14;/h4-7H,8-10,14H2,1-3H3;1H. The number of halogens is 1. The molecule has 0 radical (unpaired) electrons. The zero-order valence-electron chi connectivity index (χ0n) is 11.6. The molecule has 1 aromatic rings. The van der Waals surface area contributed by atoms with Crippen molar-refractivity contribution in [2.75, 3.05) is 27.7 Å². The lowest BCUT2D eigenvalue weighted by molar-refractivity contribution is -0.884. The largest absolute Gasteiger partial charge is 1.00 e. The molecule has 1 aromatic carbocycles. The van der Waals surface area contributed by atoms with E-state index in [9.17, 15) is 4.79 Å². The third-order valence-electron chi connectivity index (χ3n) is 2.38. The van der Waals surface area contributed by atoms with Gasteiger partial charge in [-0.15, -0.1) is 0 Å². The predicted octanol–water partition coefficient (Wildman–Crippen LogP) is -2.60. The lowest BCUT2D eigenvalue weighted by Gasteiger charge is -2.23. The normalized spacial score (nSPS) is 10.7. The van der Waals surface area contributed by atoms with Crippen LogP contribution in [0.5, 0.6) is 0 Å². The Balaban J connectivity index is 0.00000324. The van der Waals surface area contributed by atoms with E-state index in [4.69, 9.17) is 5.90 Å². The van der Waals surface area contributed by atoms with Crippen LogP contribution in [0.15, 0.2) is 24.3 Å². The predicted molar refractivity (Wildman–Crippen MR) is 70.2 cm³/mol. The zero-order valence-corrected chi connectivity index (χ0v) is 13.8. The third kappa shape index (κ3) is 8.14. The van der Waals surface area contributed by atoms with Gasteiger partial charge in [0.1, 0.15) is 13.2 Å². The fourth-order valence-electron chi connectivity index (χ4n) is 1.64. The fraction of sp³-hybridized carbons (Fsp3) is 0.462. The van der Waals surface area contributed by atoms with Gasteiger partial charge in [-0.1, -0.05) is 24.3 Å².